The first-order valence-electron chi connectivity index (χ1n) is 6.91. The molecular weight excluding hydrogens is 289 g/mol. The zero-order chi connectivity index (χ0) is 15.2. The van der Waals surface area contributed by atoms with E-state index in [1.54, 1.807) is 13.2 Å². The van der Waals surface area contributed by atoms with Crippen molar-refractivity contribution in [2.75, 3.05) is 13.7 Å². The molecule has 0 aliphatic rings. The van der Waals surface area contributed by atoms with Crippen LogP contribution in [0, 0.1) is 5.82 Å². The van der Waals surface area contributed by atoms with Gasteiger partial charge < -0.3 is 10.1 Å². The number of benzene rings is 2. The number of halogens is 2. The Bertz CT molecular complexity index is 603. The highest BCUT2D eigenvalue weighted by molar-refractivity contribution is 6.31. The third-order valence-corrected chi connectivity index (χ3v) is 3.75. The Morgan fingerprint density at radius 2 is 2.05 bits per heavy atom. The number of methoxy groups -OCH3 is 1. The van der Waals surface area contributed by atoms with E-state index in [4.69, 9.17) is 16.3 Å². The molecule has 2 aromatic rings. The van der Waals surface area contributed by atoms with Crippen LogP contribution in [0.4, 0.5) is 4.39 Å². The van der Waals surface area contributed by atoms with Crippen molar-refractivity contribution in [1.82, 2.24) is 5.32 Å². The third kappa shape index (κ3) is 4.45. The molecule has 0 heterocycles. The van der Waals surface area contributed by atoms with E-state index in [9.17, 15) is 4.39 Å². The van der Waals surface area contributed by atoms with Crippen molar-refractivity contribution in [1.29, 1.82) is 0 Å². The maximum absolute atomic E-state index is 13.0. The number of hydrogen-bond donors (Lipinski definition) is 1. The van der Waals surface area contributed by atoms with Gasteiger partial charge in [-0.3, -0.25) is 0 Å². The van der Waals surface area contributed by atoms with E-state index in [-0.39, 0.29) is 11.9 Å². The van der Waals surface area contributed by atoms with Gasteiger partial charge in [-0.05, 0) is 55.3 Å². The molecule has 0 amide bonds. The molecule has 0 aliphatic heterocycles. The van der Waals surface area contributed by atoms with Gasteiger partial charge in [-0.1, -0.05) is 29.8 Å². The summed E-state index contributed by atoms with van der Waals surface area (Å²) in [6.07, 6.45) is 0.889. The van der Waals surface area contributed by atoms with Gasteiger partial charge in [0.15, 0.2) is 0 Å². The molecule has 0 saturated carbocycles. The van der Waals surface area contributed by atoms with E-state index < -0.39 is 0 Å². The Morgan fingerprint density at radius 3 is 2.76 bits per heavy atom. The molecule has 1 atom stereocenters. The lowest BCUT2D eigenvalue weighted by Crippen LogP contribution is -2.21. The Hall–Kier alpha value is -1.58. The molecule has 2 rings (SSSR count). The summed E-state index contributed by atoms with van der Waals surface area (Å²) in [6.45, 7) is 2.83. The minimum absolute atomic E-state index is 0.0729. The van der Waals surface area contributed by atoms with Gasteiger partial charge in [0, 0.05) is 11.1 Å². The Balaban J connectivity index is 1.90. The molecule has 0 fully saturated rings. The highest BCUT2D eigenvalue weighted by Crippen LogP contribution is 2.23. The summed E-state index contributed by atoms with van der Waals surface area (Å²) < 4.78 is 18.2. The molecule has 4 heteroatoms. The van der Waals surface area contributed by atoms with E-state index in [0.717, 1.165) is 24.3 Å². The normalized spacial score (nSPS) is 12.2. The van der Waals surface area contributed by atoms with Crippen LogP contribution in [0.2, 0.25) is 5.02 Å². The zero-order valence-corrected chi connectivity index (χ0v) is 13.0. The minimum atomic E-state index is -0.313. The van der Waals surface area contributed by atoms with E-state index >= 15 is 0 Å². The van der Waals surface area contributed by atoms with Crippen LogP contribution in [0.5, 0.6) is 5.75 Å². The van der Waals surface area contributed by atoms with Gasteiger partial charge in [0.05, 0.1) is 7.11 Å². The van der Waals surface area contributed by atoms with Crippen molar-refractivity contribution in [2.24, 2.45) is 0 Å². The standard InChI is InChI=1S/C17H19ClFNO/c1-12(16-7-6-14(19)11-17(16)18)20-9-8-13-4-3-5-15(10-13)21-2/h3-7,10-12,20H,8-9H2,1-2H3. The average molecular weight is 308 g/mol. The van der Waals surface area contributed by atoms with Crippen molar-refractivity contribution in [3.63, 3.8) is 0 Å². The Kier molecular flexibility index (Phi) is 5.59. The Labute approximate surface area is 129 Å². The smallest absolute Gasteiger partial charge is 0.124 e. The lowest BCUT2D eigenvalue weighted by molar-refractivity contribution is 0.414. The molecule has 0 radical (unpaired) electrons. The highest BCUT2D eigenvalue weighted by Gasteiger charge is 2.09. The largest absolute Gasteiger partial charge is 0.497 e. The highest BCUT2D eigenvalue weighted by atomic mass is 35.5. The molecule has 1 unspecified atom stereocenters. The monoisotopic (exact) mass is 307 g/mol. The summed E-state index contributed by atoms with van der Waals surface area (Å²) in [5.74, 6) is 0.550. The molecule has 0 aliphatic carbocycles. The molecular formula is C17H19ClFNO. The summed E-state index contributed by atoms with van der Waals surface area (Å²) in [7, 11) is 1.66. The van der Waals surface area contributed by atoms with Crippen LogP contribution in [0.3, 0.4) is 0 Å². The van der Waals surface area contributed by atoms with Gasteiger partial charge in [-0.15, -0.1) is 0 Å². The number of rotatable bonds is 6. The SMILES string of the molecule is COc1cccc(CCNC(C)c2ccc(F)cc2Cl)c1. The molecule has 0 spiro atoms. The predicted molar refractivity (Wildman–Crippen MR) is 84.5 cm³/mol. The molecule has 0 aromatic heterocycles. The number of ether oxygens (including phenoxy) is 1. The van der Waals surface area contributed by atoms with Crippen LogP contribution in [0.1, 0.15) is 24.1 Å². The summed E-state index contributed by atoms with van der Waals surface area (Å²) in [5.41, 5.74) is 2.11. The third-order valence-electron chi connectivity index (χ3n) is 3.43. The van der Waals surface area contributed by atoms with E-state index in [1.165, 1.54) is 17.7 Å². The van der Waals surface area contributed by atoms with Crippen molar-refractivity contribution in [2.45, 2.75) is 19.4 Å². The molecule has 0 saturated heterocycles. The second-order valence-corrected chi connectivity index (χ2v) is 5.35. The molecule has 2 aromatic carbocycles. The molecule has 2 nitrogen and oxygen atoms in total. The fourth-order valence-electron chi connectivity index (χ4n) is 2.22. The van der Waals surface area contributed by atoms with Crippen molar-refractivity contribution in [3.05, 3.63) is 64.4 Å². The second kappa shape index (κ2) is 7.43. The quantitative estimate of drug-likeness (QED) is 0.855. The van der Waals surface area contributed by atoms with E-state index in [0.29, 0.717) is 5.02 Å². The van der Waals surface area contributed by atoms with Gasteiger partial charge in [-0.2, -0.15) is 0 Å². The lowest BCUT2D eigenvalue weighted by Gasteiger charge is -2.16. The van der Waals surface area contributed by atoms with E-state index in [2.05, 4.69) is 11.4 Å². The first kappa shape index (κ1) is 15.8. The predicted octanol–water partition coefficient (Wildman–Crippen LogP) is 4.38. The van der Waals surface area contributed by atoms with Crippen molar-refractivity contribution < 1.29 is 9.13 Å². The minimum Gasteiger partial charge on any atom is -0.497 e. The molecule has 1 N–H and O–H groups in total. The molecule has 21 heavy (non-hydrogen) atoms. The van der Waals surface area contributed by atoms with Crippen molar-refractivity contribution in [3.8, 4) is 5.75 Å². The van der Waals surface area contributed by atoms with E-state index in [1.807, 2.05) is 25.1 Å². The van der Waals surface area contributed by atoms with Crippen LogP contribution in [-0.2, 0) is 6.42 Å². The molecule has 0 bridgehead atoms. The maximum atomic E-state index is 13.0. The van der Waals surface area contributed by atoms with Crippen LogP contribution >= 0.6 is 11.6 Å². The Morgan fingerprint density at radius 1 is 1.24 bits per heavy atom. The van der Waals surface area contributed by atoms with Crippen LogP contribution in [0.15, 0.2) is 42.5 Å². The van der Waals surface area contributed by atoms with Crippen molar-refractivity contribution >= 4 is 11.6 Å². The van der Waals surface area contributed by atoms with Gasteiger partial charge in [0.1, 0.15) is 11.6 Å². The topological polar surface area (TPSA) is 21.3 Å². The first-order valence-corrected chi connectivity index (χ1v) is 7.29. The fraction of sp³-hybridized carbons (Fsp3) is 0.294. The van der Waals surface area contributed by atoms with Crippen LogP contribution < -0.4 is 10.1 Å². The summed E-state index contributed by atoms with van der Waals surface area (Å²) in [6, 6.07) is 12.6. The summed E-state index contributed by atoms with van der Waals surface area (Å²) in [4.78, 5) is 0. The average Bonchev–Trinajstić information content (AvgIpc) is 2.47. The van der Waals surface area contributed by atoms with Crippen LogP contribution in [0.25, 0.3) is 0 Å². The van der Waals surface area contributed by atoms with Gasteiger partial charge >= 0.3 is 0 Å². The van der Waals surface area contributed by atoms with Gasteiger partial charge in [0.25, 0.3) is 0 Å². The molecule has 112 valence electrons. The van der Waals surface area contributed by atoms with Gasteiger partial charge in [-0.25, -0.2) is 4.39 Å². The first-order chi connectivity index (χ1) is 10.1. The second-order valence-electron chi connectivity index (χ2n) is 4.94. The lowest BCUT2D eigenvalue weighted by atomic mass is 10.1. The van der Waals surface area contributed by atoms with Gasteiger partial charge in [0.2, 0.25) is 0 Å². The van der Waals surface area contributed by atoms with Crippen LogP contribution in [-0.4, -0.2) is 13.7 Å². The fourth-order valence-corrected chi connectivity index (χ4v) is 2.55. The number of hydrogen-bond acceptors (Lipinski definition) is 2. The summed E-state index contributed by atoms with van der Waals surface area (Å²) in [5, 5.41) is 3.85. The zero-order valence-electron chi connectivity index (χ0n) is 12.2. The summed E-state index contributed by atoms with van der Waals surface area (Å²) >= 11 is 6.06. The number of nitrogens with one attached hydrogen (secondary N) is 1. The maximum Gasteiger partial charge on any atom is 0.124 e.